The fraction of sp³-hybridized carbons (Fsp3) is 0.344. The minimum atomic E-state index is -0.563. The lowest BCUT2D eigenvalue weighted by Crippen LogP contribution is -2.15. The third-order valence-corrected chi connectivity index (χ3v) is 7.29. The van der Waals surface area contributed by atoms with Crippen molar-refractivity contribution in [3.63, 3.8) is 0 Å². The molecule has 40 heavy (non-hydrogen) atoms. The third kappa shape index (κ3) is 4.61. The van der Waals surface area contributed by atoms with Gasteiger partial charge in [0.05, 0.1) is 49.0 Å². The zero-order valence-corrected chi connectivity index (χ0v) is 23.7. The van der Waals surface area contributed by atoms with Crippen molar-refractivity contribution in [2.45, 2.75) is 58.9 Å². The quantitative estimate of drug-likeness (QED) is 0.195. The Kier molecular flexibility index (Phi) is 7.61. The number of methoxy groups -OCH3 is 2. The molecule has 0 N–H and O–H groups in total. The maximum Gasteiger partial charge on any atom is 0.355 e. The van der Waals surface area contributed by atoms with Crippen LogP contribution < -0.4 is 4.74 Å². The van der Waals surface area contributed by atoms with E-state index in [1.54, 1.807) is 22.9 Å². The summed E-state index contributed by atoms with van der Waals surface area (Å²) >= 11 is 0. The predicted octanol–water partition coefficient (Wildman–Crippen LogP) is 7.85. The highest BCUT2D eigenvalue weighted by Crippen LogP contribution is 2.44. The minimum absolute atomic E-state index is 0.209. The van der Waals surface area contributed by atoms with Gasteiger partial charge in [0.1, 0.15) is 17.1 Å². The van der Waals surface area contributed by atoms with Crippen molar-refractivity contribution < 1.29 is 23.1 Å². The molecule has 0 spiro atoms. The molecule has 0 bridgehead atoms. The molecule has 1 saturated carbocycles. The molecule has 0 aliphatic heterocycles. The number of benzene rings is 1. The van der Waals surface area contributed by atoms with Crippen molar-refractivity contribution in [3.05, 3.63) is 77.3 Å². The van der Waals surface area contributed by atoms with Gasteiger partial charge in [-0.25, -0.2) is 14.2 Å². The monoisotopic (exact) mass is 543 g/mol. The summed E-state index contributed by atoms with van der Waals surface area (Å²) in [6.07, 6.45) is 5.31. The van der Waals surface area contributed by atoms with E-state index in [9.17, 15) is 4.79 Å². The van der Waals surface area contributed by atoms with E-state index in [1.807, 2.05) is 19.9 Å². The van der Waals surface area contributed by atoms with E-state index >= 15 is 4.39 Å². The first-order chi connectivity index (χ1) is 19.4. The average molecular weight is 544 g/mol. The average Bonchev–Trinajstić information content (AvgIpc) is 3.63. The standard InChI is InChI=1S/C30H28FN3O4.C2H6/c1-16(2)18-9-10-22(17-7-8-17)33-23(18)15-34-24-14-21(31)19-11-13-38-28(19)26(24)25(27(34)30(35)37-4)20-6-5-12-32-29(20)36-3;1-2/h5-6,9-14,16-17H,7-8,15H2,1-4H3;1-2H3. The summed E-state index contributed by atoms with van der Waals surface area (Å²) in [5.74, 6) is 0.00132. The number of furan rings is 1. The van der Waals surface area contributed by atoms with E-state index in [0.29, 0.717) is 44.8 Å². The van der Waals surface area contributed by atoms with Crippen molar-refractivity contribution in [2.24, 2.45) is 0 Å². The topological polar surface area (TPSA) is 79.4 Å². The lowest BCUT2D eigenvalue weighted by molar-refractivity contribution is 0.0590. The Hall–Kier alpha value is -4.20. The molecule has 0 unspecified atom stereocenters. The Labute approximate surface area is 232 Å². The van der Waals surface area contributed by atoms with Gasteiger partial charge in [-0.1, -0.05) is 33.8 Å². The Morgan fingerprint density at radius 3 is 2.62 bits per heavy atom. The minimum Gasteiger partial charge on any atom is -0.481 e. The van der Waals surface area contributed by atoms with Crippen molar-refractivity contribution >= 4 is 27.8 Å². The summed E-state index contributed by atoms with van der Waals surface area (Å²) in [5.41, 5.74) is 5.16. The fourth-order valence-corrected chi connectivity index (χ4v) is 5.32. The molecule has 1 aliphatic carbocycles. The van der Waals surface area contributed by atoms with Crippen LogP contribution in [-0.4, -0.2) is 34.7 Å². The Balaban J connectivity index is 0.00000158. The highest BCUT2D eigenvalue weighted by atomic mass is 19.1. The number of nitrogens with zero attached hydrogens (tertiary/aromatic N) is 3. The number of halogens is 1. The lowest BCUT2D eigenvalue weighted by Gasteiger charge is -2.17. The smallest absolute Gasteiger partial charge is 0.355 e. The van der Waals surface area contributed by atoms with Crippen molar-refractivity contribution in [1.82, 2.24) is 14.5 Å². The van der Waals surface area contributed by atoms with Gasteiger partial charge in [-0.3, -0.25) is 4.98 Å². The van der Waals surface area contributed by atoms with Gasteiger partial charge in [0, 0.05) is 28.9 Å². The third-order valence-electron chi connectivity index (χ3n) is 7.29. The fourth-order valence-electron chi connectivity index (χ4n) is 5.32. The highest BCUT2D eigenvalue weighted by molar-refractivity contribution is 6.17. The van der Waals surface area contributed by atoms with Crippen LogP contribution in [0.25, 0.3) is 33.0 Å². The Morgan fingerprint density at radius 2 is 1.95 bits per heavy atom. The number of carbonyl (C=O) groups is 1. The van der Waals surface area contributed by atoms with Gasteiger partial charge < -0.3 is 18.5 Å². The molecule has 1 aliphatic rings. The van der Waals surface area contributed by atoms with Crippen LogP contribution in [0, 0.1) is 5.82 Å². The van der Waals surface area contributed by atoms with Gasteiger partial charge in [0.25, 0.3) is 0 Å². The second-order valence-corrected chi connectivity index (χ2v) is 9.98. The van der Waals surface area contributed by atoms with Gasteiger partial charge in [-0.05, 0) is 54.7 Å². The van der Waals surface area contributed by atoms with Crippen molar-refractivity contribution in [1.29, 1.82) is 0 Å². The molecule has 208 valence electrons. The number of rotatable bonds is 7. The molecule has 7 nitrogen and oxygen atoms in total. The van der Waals surface area contributed by atoms with E-state index in [4.69, 9.17) is 18.9 Å². The zero-order valence-electron chi connectivity index (χ0n) is 23.7. The molecular weight excluding hydrogens is 509 g/mol. The van der Waals surface area contributed by atoms with Gasteiger partial charge in [0.2, 0.25) is 5.88 Å². The van der Waals surface area contributed by atoms with Crippen LogP contribution in [0.4, 0.5) is 4.39 Å². The van der Waals surface area contributed by atoms with Crippen LogP contribution in [0.1, 0.15) is 79.8 Å². The number of fused-ring (bicyclic) bond motifs is 3. The molecular formula is C32H34FN3O4. The summed E-state index contributed by atoms with van der Waals surface area (Å²) < 4.78 is 33.9. The van der Waals surface area contributed by atoms with Crippen LogP contribution in [0.2, 0.25) is 0 Å². The lowest BCUT2D eigenvalue weighted by atomic mass is 10.00. The number of aromatic nitrogens is 3. The zero-order chi connectivity index (χ0) is 28.6. The first-order valence-corrected chi connectivity index (χ1v) is 13.7. The number of esters is 1. The van der Waals surface area contributed by atoms with E-state index in [1.165, 1.54) is 26.5 Å². The van der Waals surface area contributed by atoms with Crippen LogP contribution in [0.15, 0.2) is 53.3 Å². The normalized spacial score (nSPS) is 13.0. The molecule has 0 saturated heterocycles. The van der Waals surface area contributed by atoms with E-state index in [-0.39, 0.29) is 18.2 Å². The molecule has 1 aromatic carbocycles. The molecule has 5 aromatic rings. The van der Waals surface area contributed by atoms with Gasteiger partial charge >= 0.3 is 5.97 Å². The van der Waals surface area contributed by atoms with Crippen molar-refractivity contribution in [3.8, 4) is 17.0 Å². The second kappa shape index (κ2) is 11.1. The first kappa shape index (κ1) is 27.4. The second-order valence-electron chi connectivity index (χ2n) is 9.98. The number of hydrogen-bond acceptors (Lipinski definition) is 6. The van der Waals surface area contributed by atoms with E-state index in [2.05, 4.69) is 31.0 Å². The summed E-state index contributed by atoms with van der Waals surface area (Å²) in [4.78, 5) is 22.9. The predicted molar refractivity (Wildman–Crippen MR) is 154 cm³/mol. The summed E-state index contributed by atoms with van der Waals surface area (Å²) in [7, 11) is 2.86. The van der Waals surface area contributed by atoms with Gasteiger partial charge in [-0.15, -0.1) is 0 Å². The van der Waals surface area contributed by atoms with E-state index < -0.39 is 11.8 Å². The molecule has 0 amide bonds. The first-order valence-electron chi connectivity index (χ1n) is 13.7. The van der Waals surface area contributed by atoms with Crippen molar-refractivity contribution in [2.75, 3.05) is 14.2 Å². The number of carbonyl (C=O) groups excluding carboxylic acids is 1. The summed E-state index contributed by atoms with van der Waals surface area (Å²) in [6.45, 7) is 8.48. The molecule has 1 fully saturated rings. The van der Waals surface area contributed by atoms with Crippen LogP contribution in [0.5, 0.6) is 5.88 Å². The number of pyridine rings is 2. The summed E-state index contributed by atoms with van der Waals surface area (Å²) in [5, 5.41) is 0.912. The molecule has 0 radical (unpaired) electrons. The van der Waals surface area contributed by atoms with Gasteiger partial charge in [0.15, 0.2) is 0 Å². The molecule has 6 rings (SSSR count). The number of hydrogen-bond donors (Lipinski definition) is 0. The Morgan fingerprint density at radius 1 is 1.18 bits per heavy atom. The van der Waals surface area contributed by atoms with Crippen LogP contribution in [0.3, 0.4) is 0 Å². The Bertz CT molecular complexity index is 1700. The maximum absolute atomic E-state index is 15.4. The maximum atomic E-state index is 15.4. The largest absolute Gasteiger partial charge is 0.481 e. The van der Waals surface area contributed by atoms with E-state index in [0.717, 1.165) is 29.8 Å². The number of ether oxygens (including phenoxy) is 2. The molecule has 0 atom stereocenters. The SMILES string of the molecule is CC.COC(=O)c1c(-c2cccnc2OC)c2c3occc3c(F)cc2n1Cc1nc(C2CC2)ccc1C(C)C. The van der Waals surface area contributed by atoms with Crippen LogP contribution >= 0.6 is 0 Å². The highest BCUT2D eigenvalue weighted by Gasteiger charge is 2.31. The molecule has 4 heterocycles. The summed E-state index contributed by atoms with van der Waals surface area (Å²) in [6, 6.07) is 10.8. The molecule has 4 aromatic heterocycles. The van der Waals surface area contributed by atoms with Gasteiger partial charge in [-0.2, -0.15) is 0 Å². The van der Waals surface area contributed by atoms with Crippen LogP contribution in [-0.2, 0) is 11.3 Å². The molecule has 8 heteroatoms.